The molecular weight excluding hydrogens is 252 g/mol. The lowest BCUT2D eigenvalue weighted by Crippen LogP contribution is -2.23. The summed E-state index contributed by atoms with van der Waals surface area (Å²) in [4.78, 5) is 13.1. The minimum absolute atomic E-state index is 0.149. The normalized spacial score (nSPS) is 17.1. The van der Waals surface area contributed by atoms with Crippen molar-refractivity contribution >= 4 is 11.6 Å². The van der Waals surface area contributed by atoms with Crippen LogP contribution in [-0.4, -0.2) is 37.6 Å². The van der Waals surface area contributed by atoms with Crippen LogP contribution in [0.25, 0.3) is 0 Å². The molecule has 4 nitrogen and oxygen atoms in total. The number of aryl methyl sites for hydroxylation is 1. The Morgan fingerprint density at radius 2 is 2.25 bits per heavy atom. The van der Waals surface area contributed by atoms with Crippen LogP contribution in [0.15, 0.2) is 18.2 Å². The molecule has 1 aliphatic rings. The first kappa shape index (κ1) is 14.7. The smallest absolute Gasteiger partial charge is 0.222 e. The molecule has 1 aliphatic heterocycles. The standard InChI is InChI=1S/C16H24N2O2/c1-12-9-10-13-6-4-7-14(16(13)17-12)20-11-5-8-15(19)18(2)3/h4,6-7,12,17H,5,8-11H2,1-3H3. The predicted octanol–water partition coefficient (Wildman–Crippen LogP) is 2.68. The highest BCUT2D eigenvalue weighted by molar-refractivity contribution is 5.75. The van der Waals surface area contributed by atoms with Crippen LogP contribution in [0.4, 0.5) is 5.69 Å². The van der Waals surface area contributed by atoms with Gasteiger partial charge in [0.05, 0.1) is 12.3 Å². The number of anilines is 1. The van der Waals surface area contributed by atoms with Crippen molar-refractivity contribution in [3.8, 4) is 5.75 Å². The number of hydrogen-bond donors (Lipinski definition) is 1. The number of rotatable bonds is 5. The third-order valence-corrected chi connectivity index (χ3v) is 3.64. The van der Waals surface area contributed by atoms with Crippen LogP contribution in [0.5, 0.6) is 5.75 Å². The van der Waals surface area contributed by atoms with Crippen LogP contribution in [0.1, 0.15) is 31.7 Å². The van der Waals surface area contributed by atoms with E-state index in [1.54, 1.807) is 19.0 Å². The van der Waals surface area contributed by atoms with E-state index < -0.39 is 0 Å². The van der Waals surface area contributed by atoms with Crippen molar-refractivity contribution in [3.05, 3.63) is 23.8 Å². The molecule has 0 aliphatic carbocycles. The molecule has 2 rings (SSSR count). The van der Waals surface area contributed by atoms with E-state index in [0.29, 0.717) is 19.1 Å². The van der Waals surface area contributed by atoms with Crippen LogP contribution in [0.3, 0.4) is 0 Å². The minimum atomic E-state index is 0.149. The zero-order chi connectivity index (χ0) is 14.5. The van der Waals surface area contributed by atoms with Gasteiger partial charge in [-0.15, -0.1) is 0 Å². The van der Waals surface area contributed by atoms with Crippen LogP contribution >= 0.6 is 0 Å². The molecule has 0 fully saturated rings. The molecule has 0 bridgehead atoms. The molecule has 1 N–H and O–H groups in total. The molecule has 1 amide bonds. The fraction of sp³-hybridized carbons (Fsp3) is 0.562. The maximum Gasteiger partial charge on any atom is 0.222 e. The van der Waals surface area contributed by atoms with Gasteiger partial charge in [-0.25, -0.2) is 0 Å². The summed E-state index contributed by atoms with van der Waals surface area (Å²) in [6.07, 6.45) is 3.54. The van der Waals surface area contributed by atoms with Gasteiger partial charge in [0.1, 0.15) is 5.75 Å². The first-order valence-corrected chi connectivity index (χ1v) is 7.29. The largest absolute Gasteiger partial charge is 0.491 e. The molecule has 1 heterocycles. The van der Waals surface area contributed by atoms with E-state index >= 15 is 0 Å². The van der Waals surface area contributed by atoms with Crippen LogP contribution < -0.4 is 10.1 Å². The van der Waals surface area contributed by atoms with E-state index in [1.807, 2.05) is 12.1 Å². The Labute approximate surface area is 121 Å². The summed E-state index contributed by atoms with van der Waals surface area (Å²) in [6, 6.07) is 6.67. The second kappa shape index (κ2) is 6.64. The molecule has 1 unspecified atom stereocenters. The second-order valence-corrected chi connectivity index (χ2v) is 5.61. The average molecular weight is 276 g/mol. The number of ether oxygens (including phenoxy) is 1. The SMILES string of the molecule is CC1CCc2cccc(OCCCC(=O)N(C)C)c2N1. The Kier molecular flexibility index (Phi) is 4.88. The van der Waals surface area contributed by atoms with Gasteiger partial charge in [0.25, 0.3) is 0 Å². The molecule has 20 heavy (non-hydrogen) atoms. The Bertz CT molecular complexity index is 472. The quantitative estimate of drug-likeness (QED) is 0.841. The molecule has 0 spiro atoms. The van der Waals surface area contributed by atoms with Gasteiger partial charge in [0.15, 0.2) is 0 Å². The molecule has 0 radical (unpaired) electrons. The number of carbonyl (C=O) groups is 1. The lowest BCUT2D eigenvalue weighted by molar-refractivity contribution is -0.128. The molecule has 1 aromatic carbocycles. The van der Waals surface area contributed by atoms with Crippen LogP contribution in [-0.2, 0) is 11.2 Å². The van der Waals surface area contributed by atoms with Gasteiger partial charge in [-0.2, -0.15) is 0 Å². The maximum atomic E-state index is 11.5. The molecule has 0 aromatic heterocycles. The van der Waals surface area contributed by atoms with Crippen molar-refractivity contribution < 1.29 is 9.53 Å². The van der Waals surface area contributed by atoms with Gasteiger partial charge in [-0.1, -0.05) is 12.1 Å². The lowest BCUT2D eigenvalue weighted by Gasteiger charge is -2.26. The van der Waals surface area contributed by atoms with Crippen molar-refractivity contribution in [2.75, 3.05) is 26.0 Å². The van der Waals surface area contributed by atoms with E-state index in [1.165, 1.54) is 5.56 Å². The van der Waals surface area contributed by atoms with Crippen molar-refractivity contribution in [2.45, 2.75) is 38.6 Å². The Morgan fingerprint density at radius 1 is 1.45 bits per heavy atom. The van der Waals surface area contributed by atoms with Crippen LogP contribution in [0, 0.1) is 0 Å². The molecule has 1 atom stereocenters. The number of amides is 1. The summed E-state index contributed by atoms with van der Waals surface area (Å²) in [5.74, 6) is 1.06. The monoisotopic (exact) mass is 276 g/mol. The molecule has 4 heteroatoms. The fourth-order valence-electron chi connectivity index (χ4n) is 2.39. The summed E-state index contributed by atoms with van der Waals surface area (Å²) in [7, 11) is 3.56. The average Bonchev–Trinajstić information content (AvgIpc) is 2.43. The summed E-state index contributed by atoms with van der Waals surface area (Å²) >= 11 is 0. The first-order valence-electron chi connectivity index (χ1n) is 7.29. The van der Waals surface area contributed by atoms with Crippen LogP contribution in [0.2, 0.25) is 0 Å². The first-order chi connectivity index (χ1) is 9.58. The van der Waals surface area contributed by atoms with E-state index in [9.17, 15) is 4.79 Å². The van der Waals surface area contributed by atoms with Crippen molar-refractivity contribution in [1.82, 2.24) is 4.90 Å². The molecule has 110 valence electrons. The highest BCUT2D eigenvalue weighted by Crippen LogP contribution is 2.33. The number of benzene rings is 1. The number of nitrogens with one attached hydrogen (secondary N) is 1. The number of carbonyl (C=O) groups excluding carboxylic acids is 1. The van der Waals surface area contributed by atoms with Gasteiger partial charge in [-0.05, 0) is 37.8 Å². The Balaban J connectivity index is 1.89. The molecular formula is C16H24N2O2. The molecule has 1 aromatic rings. The predicted molar refractivity (Wildman–Crippen MR) is 81.3 cm³/mol. The zero-order valence-electron chi connectivity index (χ0n) is 12.6. The van der Waals surface area contributed by atoms with Crippen molar-refractivity contribution in [1.29, 1.82) is 0 Å². The maximum absolute atomic E-state index is 11.5. The van der Waals surface area contributed by atoms with Gasteiger partial charge >= 0.3 is 0 Å². The molecule has 0 saturated heterocycles. The van der Waals surface area contributed by atoms with Crippen molar-refractivity contribution in [2.24, 2.45) is 0 Å². The zero-order valence-corrected chi connectivity index (χ0v) is 12.6. The van der Waals surface area contributed by atoms with Gasteiger partial charge < -0.3 is 15.0 Å². The number of nitrogens with zero attached hydrogens (tertiary/aromatic N) is 1. The third kappa shape index (κ3) is 3.65. The van der Waals surface area contributed by atoms with E-state index in [4.69, 9.17) is 4.74 Å². The summed E-state index contributed by atoms with van der Waals surface area (Å²) in [6.45, 7) is 2.77. The van der Waals surface area contributed by atoms with Gasteiger partial charge in [-0.3, -0.25) is 4.79 Å². The van der Waals surface area contributed by atoms with Gasteiger partial charge in [0, 0.05) is 26.6 Å². The summed E-state index contributed by atoms with van der Waals surface area (Å²) in [5, 5.41) is 3.50. The fourth-order valence-corrected chi connectivity index (χ4v) is 2.39. The van der Waals surface area contributed by atoms with Gasteiger partial charge in [0.2, 0.25) is 5.91 Å². The molecule has 0 saturated carbocycles. The Morgan fingerprint density at radius 3 is 3.00 bits per heavy atom. The van der Waals surface area contributed by atoms with E-state index in [2.05, 4.69) is 18.3 Å². The van der Waals surface area contributed by atoms with E-state index in [0.717, 1.165) is 30.7 Å². The Hall–Kier alpha value is -1.71. The topological polar surface area (TPSA) is 41.6 Å². The second-order valence-electron chi connectivity index (χ2n) is 5.61. The highest BCUT2D eigenvalue weighted by Gasteiger charge is 2.17. The minimum Gasteiger partial charge on any atom is -0.491 e. The number of para-hydroxylation sites is 1. The lowest BCUT2D eigenvalue weighted by atomic mass is 9.98. The third-order valence-electron chi connectivity index (χ3n) is 3.64. The summed E-state index contributed by atoms with van der Waals surface area (Å²) in [5.41, 5.74) is 2.45. The van der Waals surface area contributed by atoms with Crippen molar-refractivity contribution in [3.63, 3.8) is 0 Å². The number of hydrogen-bond acceptors (Lipinski definition) is 3. The number of fused-ring (bicyclic) bond motifs is 1. The summed E-state index contributed by atoms with van der Waals surface area (Å²) < 4.78 is 5.85. The van der Waals surface area contributed by atoms with E-state index in [-0.39, 0.29) is 5.91 Å². The highest BCUT2D eigenvalue weighted by atomic mass is 16.5.